The third-order valence-corrected chi connectivity index (χ3v) is 5.45. The lowest BCUT2D eigenvalue weighted by atomic mass is 10.0. The molecule has 0 bridgehead atoms. The summed E-state index contributed by atoms with van der Waals surface area (Å²) in [5.41, 5.74) is 4.12. The van der Waals surface area contributed by atoms with Crippen LogP contribution in [0.4, 0.5) is 5.69 Å². The zero-order valence-electron chi connectivity index (χ0n) is 16.2. The van der Waals surface area contributed by atoms with Gasteiger partial charge in [-0.15, -0.1) is 0 Å². The van der Waals surface area contributed by atoms with Crippen LogP contribution in [0.15, 0.2) is 65.1 Å². The Hall–Kier alpha value is -2.76. The molecule has 4 nitrogen and oxygen atoms in total. The largest absolute Gasteiger partial charge is 0.490 e. The van der Waals surface area contributed by atoms with E-state index in [4.69, 9.17) is 21.1 Å². The summed E-state index contributed by atoms with van der Waals surface area (Å²) in [6.45, 7) is 2.76. The van der Waals surface area contributed by atoms with E-state index in [1.54, 1.807) is 0 Å². The summed E-state index contributed by atoms with van der Waals surface area (Å²) < 4.78 is 12.6. The fourth-order valence-corrected chi connectivity index (χ4v) is 4.09. The molecule has 1 aliphatic rings. The molecule has 0 spiro atoms. The van der Waals surface area contributed by atoms with E-state index in [1.807, 2.05) is 73.7 Å². The Kier molecular flexibility index (Phi) is 6.11. The van der Waals surface area contributed by atoms with Crippen LogP contribution in [0.2, 0.25) is 5.02 Å². The van der Waals surface area contributed by atoms with Crippen LogP contribution in [0.5, 0.6) is 11.5 Å². The van der Waals surface area contributed by atoms with Crippen molar-refractivity contribution in [3.05, 3.63) is 86.8 Å². The molecule has 0 unspecified atom stereocenters. The van der Waals surface area contributed by atoms with Crippen molar-refractivity contribution >= 4 is 50.8 Å². The minimum atomic E-state index is -0.119. The van der Waals surface area contributed by atoms with Gasteiger partial charge in [-0.3, -0.25) is 4.79 Å². The van der Waals surface area contributed by atoms with Crippen LogP contribution < -0.4 is 14.8 Å². The van der Waals surface area contributed by atoms with E-state index in [2.05, 4.69) is 21.2 Å². The lowest BCUT2D eigenvalue weighted by Crippen LogP contribution is -2.04. The summed E-state index contributed by atoms with van der Waals surface area (Å²) in [7, 11) is 0. The quantitative estimate of drug-likeness (QED) is 0.402. The summed E-state index contributed by atoms with van der Waals surface area (Å²) in [6.07, 6.45) is 1.86. The summed E-state index contributed by atoms with van der Waals surface area (Å²) >= 11 is 9.65. The molecule has 3 aromatic carbocycles. The molecule has 6 heteroatoms. The van der Waals surface area contributed by atoms with Crippen LogP contribution in [0, 0.1) is 0 Å². The first-order valence-electron chi connectivity index (χ1n) is 9.51. The van der Waals surface area contributed by atoms with Crippen molar-refractivity contribution < 1.29 is 14.3 Å². The van der Waals surface area contributed by atoms with E-state index in [1.165, 1.54) is 0 Å². The van der Waals surface area contributed by atoms with Gasteiger partial charge < -0.3 is 14.8 Å². The van der Waals surface area contributed by atoms with Crippen LogP contribution in [-0.4, -0.2) is 12.5 Å². The van der Waals surface area contributed by atoms with E-state index in [-0.39, 0.29) is 5.91 Å². The normalized spacial score (nSPS) is 13.8. The first-order valence-corrected chi connectivity index (χ1v) is 10.7. The molecule has 30 heavy (non-hydrogen) atoms. The Labute approximate surface area is 188 Å². The number of rotatable bonds is 6. The lowest BCUT2D eigenvalue weighted by Gasteiger charge is -2.15. The summed E-state index contributed by atoms with van der Waals surface area (Å²) in [5.74, 6) is 1.09. The second-order valence-electron chi connectivity index (χ2n) is 6.74. The molecule has 0 fully saturated rings. The Balaban J connectivity index is 1.66. The number of carbonyl (C=O) groups is 1. The molecule has 0 aliphatic carbocycles. The van der Waals surface area contributed by atoms with Gasteiger partial charge in [-0.2, -0.15) is 0 Å². The third kappa shape index (κ3) is 4.37. The molecule has 1 amide bonds. The van der Waals surface area contributed by atoms with E-state index in [0.29, 0.717) is 35.3 Å². The molecule has 0 aromatic heterocycles. The number of anilines is 1. The molecule has 1 heterocycles. The number of ether oxygens (including phenoxy) is 2. The highest BCUT2D eigenvalue weighted by atomic mass is 79.9. The zero-order chi connectivity index (χ0) is 21.1. The highest BCUT2D eigenvalue weighted by molar-refractivity contribution is 9.10. The van der Waals surface area contributed by atoms with Gasteiger partial charge in [0.25, 0.3) is 5.91 Å². The molecule has 0 saturated heterocycles. The number of benzene rings is 3. The van der Waals surface area contributed by atoms with Crippen LogP contribution in [0.3, 0.4) is 0 Å². The first-order chi connectivity index (χ1) is 14.5. The predicted octanol–water partition coefficient (Wildman–Crippen LogP) is 6.57. The maximum Gasteiger partial charge on any atom is 0.256 e. The van der Waals surface area contributed by atoms with Gasteiger partial charge in [0, 0.05) is 21.8 Å². The molecule has 1 N–H and O–H groups in total. The lowest BCUT2D eigenvalue weighted by molar-refractivity contribution is -0.110. The number of halogens is 2. The molecule has 0 saturated carbocycles. The molecular formula is C24H19BrClNO3. The van der Waals surface area contributed by atoms with Gasteiger partial charge in [-0.1, -0.05) is 41.9 Å². The minimum absolute atomic E-state index is 0.119. The SMILES string of the molecule is CCOc1cc(/C=C2\C(=O)Nc3ccccc32)cc(Br)c1OCc1cccc(Cl)c1. The van der Waals surface area contributed by atoms with Crippen molar-refractivity contribution in [2.75, 3.05) is 11.9 Å². The van der Waals surface area contributed by atoms with Gasteiger partial charge >= 0.3 is 0 Å². The van der Waals surface area contributed by atoms with Gasteiger partial charge in [0.05, 0.1) is 11.1 Å². The van der Waals surface area contributed by atoms with Crippen molar-refractivity contribution in [1.82, 2.24) is 0 Å². The molecule has 1 aliphatic heterocycles. The molecule has 0 atom stereocenters. The standard InChI is InChI=1S/C24H19BrClNO3/c1-2-29-22-13-16(11-19-18-8-3-4-9-21(18)27-24(19)28)12-20(25)23(22)30-14-15-6-5-7-17(26)10-15/h3-13H,2,14H2,1H3,(H,27,28)/b19-11-. The van der Waals surface area contributed by atoms with Crippen molar-refractivity contribution in [2.24, 2.45) is 0 Å². The van der Waals surface area contributed by atoms with Crippen LogP contribution in [-0.2, 0) is 11.4 Å². The van der Waals surface area contributed by atoms with Gasteiger partial charge in [0.1, 0.15) is 6.61 Å². The van der Waals surface area contributed by atoms with Crippen molar-refractivity contribution in [3.63, 3.8) is 0 Å². The second-order valence-corrected chi connectivity index (χ2v) is 8.03. The fraction of sp³-hybridized carbons (Fsp3) is 0.125. The van der Waals surface area contributed by atoms with E-state index >= 15 is 0 Å². The number of para-hydroxylation sites is 1. The second kappa shape index (κ2) is 8.94. The third-order valence-electron chi connectivity index (χ3n) is 4.62. The number of hydrogen-bond acceptors (Lipinski definition) is 3. The summed E-state index contributed by atoms with van der Waals surface area (Å²) in [4.78, 5) is 12.4. The number of nitrogens with one attached hydrogen (secondary N) is 1. The highest BCUT2D eigenvalue weighted by Gasteiger charge is 2.23. The van der Waals surface area contributed by atoms with Crippen LogP contribution >= 0.6 is 27.5 Å². The average molecular weight is 485 g/mol. The molecule has 4 rings (SSSR count). The maximum absolute atomic E-state index is 12.4. The van der Waals surface area contributed by atoms with E-state index < -0.39 is 0 Å². The van der Waals surface area contributed by atoms with Crippen LogP contribution in [0.25, 0.3) is 11.6 Å². The number of fused-ring (bicyclic) bond motifs is 1. The van der Waals surface area contributed by atoms with E-state index in [0.717, 1.165) is 26.9 Å². The van der Waals surface area contributed by atoms with Crippen molar-refractivity contribution in [3.8, 4) is 11.5 Å². The van der Waals surface area contributed by atoms with Gasteiger partial charge in [-0.05, 0) is 70.4 Å². The summed E-state index contributed by atoms with van der Waals surface area (Å²) in [6, 6.07) is 19.0. The van der Waals surface area contributed by atoms with Crippen LogP contribution in [0.1, 0.15) is 23.6 Å². The Morgan fingerprint density at radius 2 is 1.90 bits per heavy atom. The average Bonchev–Trinajstić information content (AvgIpc) is 3.03. The van der Waals surface area contributed by atoms with Crippen molar-refractivity contribution in [1.29, 1.82) is 0 Å². The fourth-order valence-electron chi connectivity index (χ4n) is 3.31. The molecular weight excluding hydrogens is 466 g/mol. The Bertz CT molecular complexity index is 1140. The first kappa shape index (κ1) is 20.5. The predicted molar refractivity (Wildman–Crippen MR) is 124 cm³/mol. The topological polar surface area (TPSA) is 47.6 Å². The smallest absolute Gasteiger partial charge is 0.256 e. The summed E-state index contributed by atoms with van der Waals surface area (Å²) in [5, 5.41) is 3.55. The molecule has 152 valence electrons. The number of carbonyl (C=O) groups excluding carboxylic acids is 1. The highest BCUT2D eigenvalue weighted by Crippen LogP contribution is 2.39. The monoisotopic (exact) mass is 483 g/mol. The molecule has 0 radical (unpaired) electrons. The van der Waals surface area contributed by atoms with E-state index in [9.17, 15) is 4.79 Å². The van der Waals surface area contributed by atoms with Gasteiger partial charge in [0.15, 0.2) is 11.5 Å². The Morgan fingerprint density at radius 3 is 2.70 bits per heavy atom. The maximum atomic E-state index is 12.4. The zero-order valence-corrected chi connectivity index (χ0v) is 18.6. The minimum Gasteiger partial charge on any atom is -0.490 e. The molecule has 3 aromatic rings. The number of hydrogen-bond donors (Lipinski definition) is 1. The van der Waals surface area contributed by atoms with Gasteiger partial charge in [-0.25, -0.2) is 0 Å². The van der Waals surface area contributed by atoms with Gasteiger partial charge in [0.2, 0.25) is 0 Å². The number of amides is 1. The Morgan fingerprint density at radius 1 is 1.07 bits per heavy atom. The van der Waals surface area contributed by atoms with Crippen molar-refractivity contribution in [2.45, 2.75) is 13.5 Å².